The van der Waals surface area contributed by atoms with Gasteiger partial charge in [-0.3, -0.25) is 9.97 Å². The molecule has 192 valence electrons. The summed E-state index contributed by atoms with van der Waals surface area (Å²) >= 11 is 0. The van der Waals surface area contributed by atoms with Crippen molar-refractivity contribution >= 4 is 43.4 Å². The molecule has 8 aromatic rings. The van der Waals surface area contributed by atoms with Crippen molar-refractivity contribution in [3.8, 4) is 33.6 Å². The first-order valence-corrected chi connectivity index (χ1v) is 13.3. The van der Waals surface area contributed by atoms with E-state index in [1.54, 1.807) is 12.1 Å². The summed E-state index contributed by atoms with van der Waals surface area (Å²) in [6.45, 7) is -2.32. The number of aryl methyl sites for hydroxylation is 1. The largest absolute Gasteiger partial charge is 0.256 e. The van der Waals surface area contributed by atoms with Gasteiger partial charge in [-0.15, -0.1) is 0 Å². The summed E-state index contributed by atoms with van der Waals surface area (Å²) in [6.07, 6.45) is -0.331. The highest BCUT2D eigenvalue weighted by Gasteiger charge is 2.17. The van der Waals surface area contributed by atoms with E-state index < -0.39 is 6.85 Å². The molecule has 0 bridgehead atoms. The Balaban J connectivity index is 1.30. The van der Waals surface area contributed by atoms with Crippen molar-refractivity contribution in [1.29, 1.82) is 0 Å². The predicted molar refractivity (Wildman–Crippen MR) is 171 cm³/mol. The van der Waals surface area contributed by atoms with Gasteiger partial charge in [0.15, 0.2) is 0 Å². The van der Waals surface area contributed by atoms with Crippen molar-refractivity contribution in [2.75, 3.05) is 0 Å². The molecule has 3 heteroatoms. The highest BCUT2D eigenvalue weighted by molar-refractivity contribution is 6.21. The monoisotopic (exact) mass is 530 g/mol. The fourth-order valence-electron chi connectivity index (χ4n) is 5.78. The van der Waals surface area contributed by atoms with Gasteiger partial charge in [0.05, 0.1) is 27.9 Å². The number of hydrogen-bond acceptors (Lipinski definition) is 3. The highest BCUT2D eigenvalue weighted by atomic mass is 14.8. The third-order valence-corrected chi connectivity index (χ3v) is 7.62. The number of fused-ring (bicyclic) bond motifs is 5. The zero-order valence-electron chi connectivity index (χ0n) is 28.7. The van der Waals surface area contributed by atoms with Crippen LogP contribution in [0.4, 0.5) is 0 Å². The maximum absolute atomic E-state index is 8.69. The summed E-state index contributed by atoms with van der Waals surface area (Å²) in [5.74, 6) is 0. The Morgan fingerprint density at radius 3 is 1.80 bits per heavy atom. The van der Waals surface area contributed by atoms with Gasteiger partial charge in [-0.25, -0.2) is 4.98 Å². The molecule has 8 rings (SSSR count). The topological polar surface area (TPSA) is 38.7 Å². The molecule has 0 atom stereocenters. The number of rotatable bonds is 3. The van der Waals surface area contributed by atoms with Crippen molar-refractivity contribution in [2.45, 2.75) is 6.85 Å². The smallest absolute Gasteiger partial charge is 0.0972 e. The molecule has 3 heterocycles. The molecule has 0 amide bonds. The number of aromatic nitrogens is 3. The van der Waals surface area contributed by atoms with E-state index in [1.165, 1.54) is 0 Å². The Bertz CT molecular complexity index is 2540. The van der Waals surface area contributed by atoms with Crippen LogP contribution in [-0.4, -0.2) is 15.0 Å². The molecule has 0 saturated carbocycles. The van der Waals surface area contributed by atoms with Crippen molar-refractivity contribution < 1.29 is 9.60 Å². The summed E-state index contributed by atoms with van der Waals surface area (Å²) in [5, 5.41) is 5.21. The lowest BCUT2D eigenvalue weighted by atomic mass is 9.87. The van der Waals surface area contributed by atoms with E-state index in [2.05, 4.69) is 22.1 Å². The van der Waals surface area contributed by atoms with Crippen molar-refractivity contribution in [2.24, 2.45) is 0 Å². The molecule has 0 fully saturated rings. The van der Waals surface area contributed by atoms with Gasteiger partial charge in [0.2, 0.25) is 0 Å². The van der Waals surface area contributed by atoms with Gasteiger partial charge >= 0.3 is 0 Å². The Kier molecular flexibility index (Phi) is 3.95. The first kappa shape index (κ1) is 17.3. The molecule has 0 unspecified atom stereocenters. The molecule has 0 aliphatic carbocycles. The maximum atomic E-state index is 8.69. The summed E-state index contributed by atoms with van der Waals surface area (Å²) < 4.78 is 56.7. The third-order valence-electron chi connectivity index (χ3n) is 7.62. The Morgan fingerprint density at radius 1 is 0.537 bits per heavy atom. The Morgan fingerprint density at radius 2 is 1.12 bits per heavy atom. The van der Waals surface area contributed by atoms with Crippen LogP contribution in [0.1, 0.15) is 15.3 Å². The molecular weight excluding hydrogens is 498 g/mol. The molecule has 0 radical (unpaired) electrons. The van der Waals surface area contributed by atoms with E-state index in [-0.39, 0.29) is 35.7 Å². The van der Waals surface area contributed by atoms with Crippen molar-refractivity contribution in [1.82, 2.24) is 15.0 Å². The van der Waals surface area contributed by atoms with E-state index in [4.69, 9.17) is 14.6 Å². The van der Waals surface area contributed by atoms with Gasteiger partial charge in [-0.05, 0) is 63.7 Å². The molecule has 5 aromatic carbocycles. The number of nitrogens with zero attached hydrogens (tertiary/aromatic N) is 3. The quantitative estimate of drug-likeness (QED) is 0.169. The predicted octanol–water partition coefficient (Wildman–Crippen LogP) is 9.79. The van der Waals surface area contributed by atoms with E-state index >= 15 is 0 Å². The van der Waals surface area contributed by atoms with Crippen LogP contribution in [0, 0.1) is 6.85 Å². The van der Waals surface area contributed by atoms with Crippen LogP contribution in [0.15, 0.2) is 133 Å². The molecule has 0 N–H and O–H groups in total. The Labute approximate surface area is 247 Å². The van der Waals surface area contributed by atoms with E-state index in [1.807, 2.05) is 84.9 Å². The number of pyridine rings is 3. The fraction of sp³-hybridized carbons (Fsp3) is 0.0263. The normalized spacial score (nSPS) is 14.3. The van der Waals surface area contributed by atoms with Crippen molar-refractivity contribution in [3.63, 3.8) is 0 Å². The van der Waals surface area contributed by atoms with Gasteiger partial charge in [0.1, 0.15) is 0 Å². The number of hydrogen-bond donors (Lipinski definition) is 0. The minimum absolute atomic E-state index is 0.0351. The SMILES string of the molecule is [2H]c1nc(-c2c3ccccc3c(-c3ccc(-c4ccc5ccc6ccc(C([2H])([2H])[2H])nc6c5n4)cc3)c3ccccc23)c([2H])c([2H])c1[2H]. The molecular formula is C38H25N3. The molecule has 0 aliphatic heterocycles. The summed E-state index contributed by atoms with van der Waals surface area (Å²) in [4.78, 5) is 13.8. The molecule has 3 aromatic heterocycles. The second-order valence-corrected chi connectivity index (χ2v) is 9.97. The van der Waals surface area contributed by atoms with Gasteiger partial charge in [-0.2, -0.15) is 0 Å². The number of benzene rings is 5. The van der Waals surface area contributed by atoms with Gasteiger partial charge in [0.25, 0.3) is 0 Å². The van der Waals surface area contributed by atoms with E-state index in [0.717, 1.165) is 54.7 Å². The van der Waals surface area contributed by atoms with Gasteiger partial charge in [-0.1, -0.05) is 103 Å². The zero-order valence-corrected chi connectivity index (χ0v) is 21.7. The lowest BCUT2D eigenvalue weighted by Gasteiger charge is -2.17. The zero-order chi connectivity index (χ0) is 33.3. The second-order valence-electron chi connectivity index (χ2n) is 9.97. The summed E-state index contributed by atoms with van der Waals surface area (Å²) in [7, 11) is 0. The van der Waals surface area contributed by atoms with Crippen LogP contribution < -0.4 is 0 Å². The average Bonchev–Trinajstić information content (AvgIpc) is 3.10. The maximum Gasteiger partial charge on any atom is 0.0972 e. The highest BCUT2D eigenvalue weighted by Crippen LogP contribution is 2.43. The third kappa shape index (κ3) is 3.86. The molecule has 0 aliphatic rings. The first-order valence-electron chi connectivity index (χ1n) is 16.8. The fourth-order valence-corrected chi connectivity index (χ4v) is 5.78. The van der Waals surface area contributed by atoms with Crippen LogP contribution in [0.5, 0.6) is 0 Å². The standard InChI is InChI=1S/C38H25N3/c1-24-13-14-27-19-20-28-21-22-33(41-38(28)37(27)40-24)25-15-17-26(18-16-25)35-29-8-2-4-10-31(29)36(34-12-6-7-23-39-34)32-11-5-3-9-30(32)35/h2-23H,1H3/i1D3,6D,7D,12D,23D. The minimum Gasteiger partial charge on any atom is -0.256 e. The van der Waals surface area contributed by atoms with Crippen LogP contribution in [0.2, 0.25) is 0 Å². The van der Waals surface area contributed by atoms with Crippen LogP contribution in [-0.2, 0) is 0 Å². The van der Waals surface area contributed by atoms with Crippen LogP contribution in [0.3, 0.4) is 0 Å². The van der Waals surface area contributed by atoms with Crippen LogP contribution >= 0.6 is 0 Å². The van der Waals surface area contributed by atoms with Crippen LogP contribution in [0.25, 0.3) is 77.0 Å². The first-order chi connectivity index (χ1) is 23.1. The lowest BCUT2D eigenvalue weighted by molar-refractivity contribution is 1.25. The molecule has 0 spiro atoms. The van der Waals surface area contributed by atoms with Gasteiger partial charge < -0.3 is 0 Å². The molecule has 0 saturated heterocycles. The van der Waals surface area contributed by atoms with Gasteiger partial charge in [0, 0.05) is 37.9 Å². The minimum atomic E-state index is -2.32. The Hall–Kier alpha value is -5.41. The summed E-state index contributed by atoms with van der Waals surface area (Å²) in [5.41, 5.74) is 5.69. The second kappa shape index (κ2) is 9.35. The van der Waals surface area contributed by atoms with Crippen molar-refractivity contribution in [3.05, 3.63) is 139 Å². The average molecular weight is 531 g/mol. The van der Waals surface area contributed by atoms with E-state index in [0.29, 0.717) is 16.6 Å². The molecule has 3 nitrogen and oxygen atoms in total. The van der Waals surface area contributed by atoms with E-state index in [9.17, 15) is 0 Å². The summed E-state index contributed by atoms with van der Waals surface area (Å²) in [6, 6.07) is 34.1. The molecule has 41 heavy (non-hydrogen) atoms. The lowest BCUT2D eigenvalue weighted by Crippen LogP contribution is -1.92.